The van der Waals surface area contributed by atoms with Crippen molar-refractivity contribution in [2.75, 3.05) is 0 Å². The first kappa shape index (κ1) is 26.2. The Kier molecular flexibility index (Phi) is 7.52. The molecule has 0 aliphatic heterocycles. The number of carboxylic acid groups (broad SMARTS) is 3. The van der Waals surface area contributed by atoms with E-state index in [1.807, 2.05) is 24.3 Å². The predicted molar refractivity (Wildman–Crippen MR) is 136 cm³/mol. The van der Waals surface area contributed by atoms with Crippen molar-refractivity contribution in [1.82, 2.24) is 4.90 Å². The minimum absolute atomic E-state index is 0.0423. The molecule has 1 atom stereocenters. The molecule has 3 aromatic rings. The van der Waals surface area contributed by atoms with Crippen molar-refractivity contribution in [2.24, 2.45) is 0 Å². The first-order valence-electron chi connectivity index (χ1n) is 11.3. The normalized spacial score (nSPS) is 14.5. The Bertz CT molecular complexity index is 1440. The van der Waals surface area contributed by atoms with E-state index in [1.165, 1.54) is 4.90 Å². The van der Waals surface area contributed by atoms with Crippen molar-refractivity contribution in [2.45, 2.75) is 31.8 Å². The van der Waals surface area contributed by atoms with Gasteiger partial charge < -0.3 is 20.2 Å². The molecule has 1 aliphatic carbocycles. The lowest BCUT2D eigenvalue weighted by Crippen LogP contribution is -2.37. The molecule has 0 fully saturated rings. The number of aromatic carboxylic acids is 3. The minimum Gasteiger partial charge on any atom is -0.478 e. The van der Waals surface area contributed by atoms with E-state index in [9.17, 15) is 34.5 Å². The highest BCUT2D eigenvalue weighted by Crippen LogP contribution is 2.38. The number of amides is 1. The van der Waals surface area contributed by atoms with E-state index in [0.717, 1.165) is 30.0 Å². The zero-order valence-corrected chi connectivity index (χ0v) is 20.8. The Morgan fingerprint density at radius 1 is 0.811 bits per heavy atom. The topological polar surface area (TPSA) is 132 Å². The molecular formula is C27H21Cl2NO7. The van der Waals surface area contributed by atoms with E-state index >= 15 is 0 Å². The molecule has 0 heterocycles. The number of fused-ring (bicyclic) bond motifs is 1. The van der Waals surface area contributed by atoms with Crippen LogP contribution in [0.5, 0.6) is 0 Å². The van der Waals surface area contributed by atoms with Crippen LogP contribution in [0.1, 0.15) is 77.0 Å². The molecule has 3 N–H and O–H groups in total. The second-order valence-corrected chi connectivity index (χ2v) is 9.40. The molecule has 1 aliphatic rings. The van der Waals surface area contributed by atoms with Crippen molar-refractivity contribution in [3.63, 3.8) is 0 Å². The molecule has 37 heavy (non-hydrogen) atoms. The summed E-state index contributed by atoms with van der Waals surface area (Å²) in [6.45, 7) is -0.0423. The first-order valence-corrected chi connectivity index (χ1v) is 12.0. The zero-order chi connectivity index (χ0) is 26.9. The Labute approximate surface area is 221 Å². The van der Waals surface area contributed by atoms with Crippen LogP contribution in [0.3, 0.4) is 0 Å². The number of carbonyl (C=O) groups excluding carboxylic acids is 1. The van der Waals surface area contributed by atoms with E-state index < -0.39 is 52.1 Å². The third kappa shape index (κ3) is 5.16. The second kappa shape index (κ2) is 10.6. The average molecular weight is 542 g/mol. The molecule has 8 nitrogen and oxygen atoms in total. The number of nitrogens with zero attached hydrogens (tertiary/aromatic N) is 1. The lowest BCUT2D eigenvalue weighted by Gasteiger charge is -2.36. The molecule has 0 bridgehead atoms. The maximum atomic E-state index is 14.1. The Balaban J connectivity index is 1.91. The van der Waals surface area contributed by atoms with Crippen LogP contribution in [-0.2, 0) is 13.0 Å². The standard InChI is InChI=1S/C27H21Cl2NO7/c28-21-9-3-7-15(23(21)29)13-30(22-10-4-6-14-5-1-2-8-16(14)22)24(31)17-11-19(26(34)35)20(27(36)37)12-18(17)25(32)33/h1-3,5,7-9,11-12,22H,4,6,10,13H2,(H,32,33)(H,34,35)(H,36,37)/t22-/m0/s1. The van der Waals surface area contributed by atoms with Crippen LogP contribution in [-0.4, -0.2) is 44.0 Å². The monoisotopic (exact) mass is 541 g/mol. The zero-order valence-electron chi connectivity index (χ0n) is 19.3. The fourth-order valence-electron chi connectivity index (χ4n) is 4.69. The van der Waals surface area contributed by atoms with Gasteiger partial charge in [0.1, 0.15) is 0 Å². The summed E-state index contributed by atoms with van der Waals surface area (Å²) < 4.78 is 0. The van der Waals surface area contributed by atoms with Gasteiger partial charge in [-0.3, -0.25) is 4.79 Å². The molecule has 3 aromatic carbocycles. The van der Waals surface area contributed by atoms with Crippen LogP contribution in [0, 0.1) is 0 Å². The van der Waals surface area contributed by atoms with Gasteiger partial charge in [0.05, 0.1) is 38.3 Å². The summed E-state index contributed by atoms with van der Waals surface area (Å²) in [5, 5.41) is 29.4. The van der Waals surface area contributed by atoms with Crippen molar-refractivity contribution in [1.29, 1.82) is 0 Å². The predicted octanol–water partition coefficient (Wildman–Crippen LogP) is 5.81. The fourth-order valence-corrected chi connectivity index (χ4v) is 5.07. The van der Waals surface area contributed by atoms with Gasteiger partial charge in [0.15, 0.2) is 0 Å². The highest BCUT2D eigenvalue weighted by atomic mass is 35.5. The fraction of sp³-hybridized carbons (Fsp3) is 0.185. The van der Waals surface area contributed by atoms with Crippen LogP contribution < -0.4 is 0 Å². The number of hydrogen-bond donors (Lipinski definition) is 3. The SMILES string of the molecule is O=C(O)c1cc(C(=O)O)c(C(=O)N(Cc2cccc(Cl)c2Cl)[C@H]2CCCc3ccccc32)cc1C(=O)O. The van der Waals surface area contributed by atoms with Gasteiger partial charge in [0, 0.05) is 6.54 Å². The number of rotatable bonds is 7. The Morgan fingerprint density at radius 3 is 2.05 bits per heavy atom. The van der Waals surface area contributed by atoms with Crippen LogP contribution in [0.15, 0.2) is 54.6 Å². The van der Waals surface area contributed by atoms with Gasteiger partial charge in [-0.05, 0) is 54.2 Å². The van der Waals surface area contributed by atoms with Gasteiger partial charge >= 0.3 is 17.9 Å². The number of halogens is 2. The lowest BCUT2D eigenvalue weighted by molar-refractivity contribution is 0.0611. The lowest BCUT2D eigenvalue weighted by atomic mass is 9.86. The van der Waals surface area contributed by atoms with E-state index in [2.05, 4.69) is 0 Å². The van der Waals surface area contributed by atoms with Gasteiger partial charge in [0.25, 0.3) is 5.91 Å². The van der Waals surface area contributed by atoms with Crippen molar-refractivity contribution in [3.8, 4) is 0 Å². The molecule has 0 spiro atoms. The average Bonchev–Trinajstić information content (AvgIpc) is 2.88. The van der Waals surface area contributed by atoms with Gasteiger partial charge in [-0.25, -0.2) is 14.4 Å². The summed E-state index contributed by atoms with van der Waals surface area (Å²) >= 11 is 12.6. The Hall–Kier alpha value is -3.88. The number of carbonyl (C=O) groups is 4. The summed E-state index contributed by atoms with van der Waals surface area (Å²) in [5.41, 5.74) is -0.0187. The van der Waals surface area contributed by atoms with Gasteiger partial charge in [0.2, 0.25) is 0 Å². The molecule has 10 heteroatoms. The second-order valence-electron chi connectivity index (χ2n) is 8.61. The van der Waals surface area contributed by atoms with Crippen LogP contribution >= 0.6 is 23.2 Å². The summed E-state index contributed by atoms with van der Waals surface area (Å²) in [5.74, 6) is -5.55. The van der Waals surface area contributed by atoms with E-state index in [4.69, 9.17) is 23.2 Å². The molecular weight excluding hydrogens is 521 g/mol. The van der Waals surface area contributed by atoms with Crippen molar-refractivity contribution >= 4 is 47.0 Å². The third-order valence-electron chi connectivity index (χ3n) is 6.43. The number of carboxylic acids is 3. The third-order valence-corrected chi connectivity index (χ3v) is 7.28. The molecule has 190 valence electrons. The smallest absolute Gasteiger partial charge is 0.336 e. The minimum atomic E-state index is -1.62. The van der Waals surface area contributed by atoms with Crippen LogP contribution in [0.25, 0.3) is 0 Å². The van der Waals surface area contributed by atoms with Crippen molar-refractivity contribution < 1.29 is 34.5 Å². The maximum absolute atomic E-state index is 14.1. The van der Waals surface area contributed by atoms with E-state index in [-0.39, 0.29) is 16.6 Å². The molecule has 4 rings (SSSR count). The molecule has 0 radical (unpaired) electrons. The molecule has 0 saturated carbocycles. The van der Waals surface area contributed by atoms with Gasteiger partial charge in [-0.2, -0.15) is 0 Å². The Morgan fingerprint density at radius 2 is 1.41 bits per heavy atom. The molecule has 0 saturated heterocycles. The summed E-state index contributed by atoms with van der Waals surface area (Å²) in [6, 6.07) is 13.6. The number of hydrogen-bond acceptors (Lipinski definition) is 4. The molecule has 0 unspecified atom stereocenters. The number of aryl methyl sites for hydroxylation is 1. The molecule has 0 aromatic heterocycles. The van der Waals surface area contributed by atoms with Gasteiger partial charge in [-0.1, -0.05) is 59.6 Å². The van der Waals surface area contributed by atoms with E-state index in [0.29, 0.717) is 18.1 Å². The molecule has 1 amide bonds. The maximum Gasteiger partial charge on any atom is 0.336 e. The quantitative estimate of drug-likeness (QED) is 0.343. The van der Waals surface area contributed by atoms with E-state index in [1.54, 1.807) is 18.2 Å². The summed E-state index contributed by atoms with van der Waals surface area (Å²) in [7, 11) is 0. The van der Waals surface area contributed by atoms with Crippen LogP contribution in [0.4, 0.5) is 0 Å². The number of benzene rings is 3. The highest BCUT2D eigenvalue weighted by molar-refractivity contribution is 6.42. The largest absolute Gasteiger partial charge is 0.478 e. The van der Waals surface area contributed by atoms with Crippen molar-refractivity contribution in [3.05, 3.63) is 104 Å². The first-order chi connectivity index (χ1) is 17.6. The van der Waals surface area contributed by atoms with Crippen LogP contribution in [0.2, 0.25) is 10.0 Å². The highest BCUT2D eigenvalue weighted by Gasteiger charge is 2.34. The summed E-state index contributed by atoms with van der Waals surface area (Å²) in [6.07, 6.45) is 2.14. The summed E-state index contributed by atoms with van der Waals surface area (Å²) in [4.78, 5) is 51.1. The van der Waals surface area contributed by atoms with Gasteiger partial charge in [-0.15, -0.1) is 0 Å².